The number of nitrogens with zero attached hydrogens (tertiary/aromatic N) is 12. The molecule has 0 saturated carbocycles. The number of aromatic nitrogens is 6. The minimum Gasteiger partial charge on any atom is -0.497 e. The van der Waals surface area contributed by atoms with Gasteiger partial charge in [-0.25, -0.2) is 14.5 Å². The summed E-state index contributed by atoms with van der Waals surface area (Å²) in [6.07, 6.45) is 0. The maximum absolute atomic E-state index is 10.1. The van der Waals surface area contributed by atoms with Crippen LogP contribution in [0.25, 0.3) is 213 Å². The maximum atomic E-state index is 10.1. The van der Waals surface area contributed by atoms with E-state index in [9.17, 15) is 15.8 Å². The molecule has 0 fully saturated rings. The standard InChI is InChI=1S/3C39H24N4O/c1-41-27-17-15-26(24-40)38(22-27)43-36-20-18-29(44-2)23-33(36)39-30(12-8-14-37(39)43)25-16-19-35-32(21-25)31-11-6-7-13-34(31)42(35)28-9-4-3-5-10-28;1-41-27-17-15-26(24-40)37(22-27)43-35-20-18-29(44-2)23-33(35)39-30(12-8-14-36(39)43)25-16-19-32-31-11-6-7-13-34(31)42(38(32)21-25)28-9-4-3-5-10-28;1-41-27-19-25(24-40)20-29(22-27)43-36-18-16-30(44-2)23-34(36)39-31(12-8-14-37(39)43)26-15-17-33-32-11-6-7-13-35(32)42(38(33)21-26)28-9-4-3-5-10-28/h3*3-23H,2H3. The second-order valence-corrected chi connectivity index (χ2v) is 32.3. The first kappa shape index (κ1) is 79.0. The molecule has 0 amide bonds. The van der Waals surface area contributed by atoms with Crippen LogP contribution in [0.2, 0.25) is 0 Å². The molecule has 0 N–H and O–H groups in total. The molecule has 0 radical (unpaired) electrons. The van der Waals surface area contributed by atoms with Crippen molar-refractivity contribution in [3.05, 3.63) is 433 Å². The Labute approximate surface area is 757 Å². The van der Waals surface area contributed by atoms with Crippen LogP contribution in [0.1, 0.15) is 16.7 Å². The summed E-state index contributed by atoms with van der Waals surface area (Å²) in [6, 6.07) is 137. The molecule has 0 aliphatic carbocycles. The van der Waals surface area contributed by atoms with Gasteiger partial charge in [0.05, 0.1) is 136 Å². The van der Waals surface area contributed by atoms with Gasteiger partial charge in [0.25, 0.3) is 0 Å². The van der Waals surface area contributed by atoms with Crippen LogP contribution in [0.15, 0.2) is 382 Å². The van der Waals surface area contributed by atoms with E-state index in [1.807, 2.05) is 66.7 Å². The van der Waals surface area contributed by atoms with Crippen molar-refractivity contribution in [3.63, 3.8) is 0 Å². The van der Waals surface area contributed by atoms with Crippen LogP contribution in [-0.2, 0) is 0 Å². The second kappa shape index (κ2) is 32.6. The minimum atomic E-state index is 0.429. The van der Waals surface area contributed by atoms with Crippen molar-refractivity contribution in [2.75, 3.05) is 21.3 Å². The van der Waals surface area contributed by atoms with Crippen molar-refractivity contribution in [1.29, 1.82) is 15.8 Å². The third-order valence-electron chi connectivity index (χ3n) is 25.4. The predicted molar refractivity (Wildman–Crippen MR) is 534 cm³/mol. The molecule has 0 bridgehead atoms. The number of rotatable bonds is 12. The van der Waals surface area contributed by atoms with E-state index in [0.717, 1.165) is 166 Å². The Morgan fingerprint density at radius 3 is 0.955 bits per heavy atom. The number of para-hydroxylation sites is 6. The zero-order valence-corrected chi connectivity index (χ0v) is 71.5. The average molecular weight is 1690 g/mol. The van der Waals surface area contributed by atoms with Crippen LogP contribution in [0, 0.1) is 53.7 Å². The first-order valence-corrected chi connectivity index (χ1v) is 43.0. The van der Waals surface area contributed by atoms with Gasteiger partial charge in [-0.2, -0.15) is 15.8 Å². The SMILES string of the molecule is [C-]#[N+]c1cc(C#N)cc(-n2c3ccc(OC)cc3c3c(-c4ccc5c6ccccc6n(-c6ccccc6)c5c4)cccc32)c1.[C-]#[N+]c1ccc(C#N)c(-n2c3ccc(OC)cc3c3c(-c4ccc5c(c4)c4ccccc4n5-c4ccccc4)cccc32)c1.[C-]#[N+]c1ccc(C#N)c(-n2c3ccc(OC)cc3c3c(-c4ccc5c6ccccc6n(-c6ccccc6)c5c4)cccc32)c1. The van der Waals surface area contributed by atoms with E-state index in [1.54, 1.807) is 63.8 Å². The fraction of sp³-hybridized carbons (Fsp3) is 0.0256. The van der Waals surface area contributed by atoms with Crippen molar-refractivity contribution < 1.29 is 14.2 Å². The third-order valence-corrected chi connectivity index (χ3v) is 25.4. The van der Waals surface area contributed by atoms with Gasteiger partial charge < -0.3 is 41.6 Å². The lowest BCUT2D eigenvalue weighted by molar-refractivity contribution is 0.415. The van der Waals surface area contributed by atoms with Crippen molar-refractivity contribution in [3.8, 4) is 103 Å². The summed E-state index contributed by atoms with van der Waals surface area (Å²) in [5.74, 6) is 2.27. The monoisotopic (exact) mass is 1690 g/mol. The highest BCUT2D eigenvalue weighted by molar-refractivity contribution is 6.22. The van der Waals surface area contributed by atoms with E-state index < -0.39 is 0 Å². The van der Waals surface area contributed by atoms with Crippen LogP contribution >= 0.6 is 0 Å². The van der Waals surface area contributed by atoms with Crippen LogP contribution in [-0.4, -0.2) is 48.7 Å². The highest BCUT2D eigenvalue weighted by atomic mass is 16.5. The Bertz CT molecular complexity index is 9160. The number of methoxy groups -OCH3 is 3. The summed E-state index contributed by atoms with van der Waals surface area (Å²) in [4.78, 5) is 11.0. The zero-order valence-electron chi connectivity index (χ0n) is 71.5. The highest BCUT2D eigenvalue weighted by Crippen LogP contribution is 2.49. The topological polar surface area (TPSA) is 142 Å². The fourth-order valence-corrected chi connectivity index (χ4v) is 19.6. The summed E-state index contributed by atoms with van der Waals surface area (Å²) in [5, 5.41) is 43.3. The molecule has 0 spiro atoms. The minimum absolute atomic E-state index is 0.429. The van der Waals surface area contributed by atoms with Gasteiger partial charge in [0.1, 0.15) is 29.4 Å². The molecule has 132 heavy (non-hydrogen) atoms. The number of benzene rings is 18. The molecule has 6 heterocycles. The first-order valence-electron chi connectivity index (χ1n) is 43.0. The summed E-state index contributed by atoms with van der Waals surface area (Å²) in [7, 11) is 5.02. The summed E-state index contributed by atoms with van der Waals surface area (Å²) < 4.78 is 30.3. The van der Waals surface area contributed by atoms with Crippen molar-refractivity contribution >= 4 is 148 Å². The van der Waals surface area contributed by atoms with Gasteiger partial charge in [-0.3, -0.25) is 0 Å². The Morgan fingerprint density at radius 2 is 0.553 bits per heavy atom. The lowest BCUT2D eigenvalue weighted by Gasteiger charge is -2.12. The molecule has 0 aliphatic rings. The van der Waals surface area contributed by atoms with Crippen LogP contribution in [0.3, 0.4) is 0 Å². The quantitative estimate of drug-likeness (QED) is 0.112. The lowest BCUT2D eigenvalue weighted by atomic mass is 9.97. The van der Waals surface area contributed by atoms with E-state index >= 15 is 0 Å². The van der Waals surface area contributed by atoms with Crippen LogP contribution in [0.4, 0.5) is 17.1 Å². The highest BCUT2D eigenvalue weighted by Gasteiger charge is 2.26. The van der Waals surface area contributed by atoms with Gasteiger partial charge >= 0.3 is 0 Å². The molecule has 15 nitrogen and oxygen atoms in total. The van der Waals surface area contributed by atoms with Gasteiger partial charge in [0.2, 0.25) is 0 Å². The molecule has 0 aliphatic heterocycles. The number of nitriles is 3. The van der Waals surface area contributed by atoms with Gasteiger partial charge in [-0.05, 0) is 215 Å². The van der Waals surface area contributed by atoms with Crippen LogP contribution < -0.4 is 14.2 Å². The molecule has 24 aromatic rings. The van der Waals surface area contributed by atoms with Gasteiger partial charge in [-0.1, -0.05) is 200 Å². The van der Waals surface area contributed by atoms with E-state index in [2.05, 4.69) is 333 Å². The number of ether oxygens (including phenoxy) is 3. The van der Waals surface area contributed by atoms with E-state index in [1.165, 1.54) is 37.8 Å². The maximum Gasteiger partial charge on any atom is 0.190 e. The van der Waals surface area contributed by atoms with Crippen LogP contribution in [0.5, 0.6) is 17.2 Å². The molecule has 0 atom stereocenters. The smallest absolute Gasteiger partial charge is 0.190 e. The predicted octanol–water partition coefficient (Wildman–Crippen LogP) is 29.9. The zero-order chi connectivity index (χ0) is 89.4. The van der Waals surface area contributed by atoms with E-state index in [0.29, 0.717) is 45.1 Å². The normalized spacial score (nSPS) is 11.2. The fourth-order valence-electron chi connectivity index (χ4n) is 19.6. The number of hydrogen-bond donors (Lipinski definition) is 0. The second-order valence-electron chi connectivity index (χ2n) is 32.3. The van der Waals surface area contributed by atoms with Crippen molar-refractivity contribution in [1.82, 2.24) is 27.4 Å². The van der Waals surface area contributed by atoms with Gasteiger partial charge in [-0.15, -0.1) is 0 Å². The summed E-state index contributed by atoms with van der Waals surface area (Å²) in [5.41, 5.74) is 27.5. The molecule has 15 heteroatoms. The summed E-state index contributed by atoms with van der Waals surface area (Å²) >= 11 is 0. The molecule has 0 unspecified atom stereocenters. The lowest BCUT2D eigenvalue weighted by Crippen LogP contribution is -1.97. The summed E-state index contributed by atoms with van der Waals surface area (Å²) in [6.45, 7) is 22.9. The first-order chi connectivity index (χ1) is 65.1. The molecule has 24 rings (SSSR count). The number of fused-ring (bicyclic) bond motifs is 18. The number of hydrogen-bond acceptors (Lipinski definition) is 6. The molecule has 618 valence electrons. The Kier molecular flexibility index (Phi) is 19.5. The third kappa shape index (κ3) is 13.0. The average Bonchev–Trinajstić information content (AvgIpc) is 1.59. The van der Waals surface area contributed by atoms with Gasteiger partial charge in [0, 0.05) is 92.9 Å². The molecular formula is C117H72N12O3. The molecule has 0 saturated heterocycles. The Hall–Kier alpha value is -18.9. The van der Waals surface area contributed by atoms with Crippen molar-refractivity contribution in [2.45, 2.75) is 0 Å². The Balaban J connectivity index is 0.000000116. The molecular weight excluding hydrogens is 1620 g/mol. The molecule has 18 aromatic carbocycles. The Morgan fingerprint density at radius 1 is 0.227 bits per heavy atom. The van der Waals surface area contributed by atoms with Gasteiger partial charge in [0.15, 0.2) is 17.1 Å². The van der Waals surface area contributed by atoms with E-state index in [-0.39, 0.29) is 0 Å². The van der Waals surface area contributed by atoms with Crippen molar-refractivity contribution in [2.24, 2.45) is 0 Å². The van der Waals surface area contributed by atoms with E-state index in [4.69, 9.17) is 33.9 Å². The largest absolute Gasteiger partial charge is 0.497 e. The molecule has 6 aromatic heterocycles.